The number of carboxylic acids is 1. The zero-order valence-corrected chi connectivity index (χ0v) is 11.7. The second-order valence-electron chi connectivity index (χ2n) is 5.29. The number of amides is 2. The Bertz CT molecular complexity index is 490. The summed E-state index contributed by atoms with van der Waals surface area (Å²) in [5.74, 6) is -0.968. The number of carbonyl (C=O) groups excluding carboxylic acids is 1. The van der Waals surface area contributed by atoms with Gasteiger partial charge in [0.2, 0.25) is 0 Å². The topological polar surface area (TPSA) is 87.5 Å². The van der Waals surface area contributed by atoms with Crippen LogP contribution in [-0.2, 0) is 11.3 Å². The van der Waals surface area contributed by atoms with Crippen molar-refractivity contribution in [2.24, 2.45) is 0 Å². The van der Waals surface area contributed by atoms with Crippen LogP contribution in [0.4, 0.5) is 10.5 Å². The Labute approximate surface area is 117 Å². The van der Waals surface area contributed by atoms with Gasteiger partial charge in [0.25, 0.3) is 0 Å². The molecule has 2 amide bonds. The zero-order chi connectivity index (χ0) is 14.7. The number of nitrogens with one attached hydrogen (secondary N) is 1. The predicted molar refractivity (Wildman–Crippen MR) is 73.5 cm³/mol. The predicted octanol–water partition coefficient (Wildman–Crippen LogP) is 1.76. The van der Waals surface area contributed by atoms with Gasteiger partial charge in [-0.2, -0.15) is 5.10 Å². The lowest BCUT2D eigenvalue weighted by molar-refractivity contribution is -0.137. The quantitative estimate of drug-likeness (QED) is 0.883. The first-order valence-electron chi connectivity index (χ1n) is 6.81. The fourth-order valence-corrected chi connectivity index (χ4v) is 2.66. The minimum Gasteiger partial charge on any atom is -0.480 e. The molecule has 2 rings (SSSR count). The minimum absolute atomic E-state index is 0.153. The van der Waals surface area contributed by atoms with E-state index in [1.165, 1.54) is 17.1 Å². The van der Waals surface area contributed by atoms with Crippen LogP contribution >= 0.6 is 0 Å². The number of carbonyl (C=O) groups is 2. The van der Waals surface area contributed by atoms with Crippen LogP contribution in [-0.4, -0.2) is 43.9 Å². The minimum atomic E-state index is -0.968. The first-order valence-corrected chi connectivity index (χ1v) is 6.81. The van der Waals surface area contributed by atoms with E-state index in [1.807, 2.05) is 18.7 Å². The molecule has 2 N–H and O–H groups in total. The largest absolute Gasteiger partial charge is 0.480 e. The van der Waals surface area contributed by atoms with Gasteiger partial charge in [0, 0.05) is 18.3 Å². The van der Waals surface area contributed by atoms with Crippen molar-refractivity contribution in [2.45, 2.75) is 51.7 Å². The van der Waals surface area contributed by atoms with Crippen molar-refractivity contribution in [2.75, 3.05) is 5.32 Å². The van der Waals surface area contributed by atoms with Crippen molar-refractivity contribution in [3.8, 4) is 0 Å². The monoisotopic (exact) mass is 280 g/mol. The van der Waals surface area contributed by atoms with Crippen LogP contribution in [0.5, 0.6) is 0 Å². The molecule has 2 atom stereocenters. The number of piperidine rings is 1. The molecule has 1 aliphatic heterocycles. The van der Waals surface area contributed by atoms with Crippen LogP contribution in [0.1, 0.15) is 33.1 Å². The summed E-state index contributed by atoms with van der Waals surface area (Å²) < 4.78 is 1.28. The number of hydrogen-bond acceptors (Lipinski definition) is 3. The van der Waals surface area contributed by atoms with Crippen molar-refractivity contribution in [1.82, 2.24) is 14.7 Å². The summed E-state index contributed by atoms with van der Waals surface area (Å²) in [6.07, 6.45) is 6.14. The highest BCUT2D eigenvalue weighted by Crippen LogP contribution is 2.23. The Morgan fingerprint density at radius 3 is 2.65 bits per heavy atom. The number of carboxylic acid groups (broad SMARTS) is 1. The third kappa shape index (κ3) is 3.28. The Balaban J connectivity index is 2.00. The molecule has 7 heteroatoms. The molecule has 0 bridgehead atoms. The summed E-state index contributed by atoms with van der Waals surface area (Å²) in [5, 5.41) is 15.3. The third-order valence-corrected chi connectivity index (χ3v) is 3.61. The number of nitrogens with zero attached hydrogens (tertiary/aromatic N) is 3. The number of rotatable bonds is 3. The van der Waals surface area contributed by atoms with Gasteiger partial charge in [0.1, 0.15) is 6.54 Å². The van der Waals surface area contributed by atoms with Crippen LogP contribution in [0, 0.1) is 0 Å². The van der Waals surface area contributed by atoms with E-state index in [9.17, 15) is 9.59 Å². The van der Waals surface area contributed by atoms with Crippen LogP contribution in [0.3, 0.4) is 0 Å². The maximum Gasteiger partial charge on any atom is 0.325 e. The molecule has 110 valence electrons. The van der Waals surface area contributed by atoms with Crippen LogP contribution < -0.4 is 5.32 Å². The summed E-state index contributed by atoms with van der Waals surface area (Å²) in [5.41, 5.74) is 0.515. The van der Waals surface area contributed by atoms with E-state index in [2.05, 4.69) is 10.4 Å². The lowest BCUT2D eigenvalue weighted by Crippen LogP contribution is -2.49. The van der Waals surface area contributed by atoms with E-state index < -0.39 is 5.97 Å². The fourth-order valence-electron chi connectivity index (χ4n) is 2.66. The van der Waals surface area contributed by atoms with Gasteiger partial charge < -0.3 is 15.3 Å². The van der Waals surface area contributed by atoms with Crippen molar-refractivity contribution in [3.63, 3.8) is 0 Å². The first kappa shape index (κ1) is 14.4. The highest BCUT2D eigenvalue weighted by molar-refractivity contribution is 5.89. The third-order valence-electron chi connectivity index (χ3n) is 3.61. The molecule has 1 aromatic heterocycles. The number of aliphatic carboxylic acids is 1. The second-order valence-corrected chi connectivity index (χ2v) is 5.29. The lowest BCUT2D eigenvalue weighted by Gasteiger charge is -2.38. The number of urea groups is 1. The smallest absolute Gasteiger partial charge is 0.325 e. The number of anilines is 1. The van der Waals surface area contributed by atoms with Gasteiger partial charge in [0.15, 0.2) is 0 Å². The molecule has 1 aliphatic rings. The molecule has 7 nitrogen and oxygen atoms in total. The van der Waals surface area contributed by atoms with Gasteiger partial charge in [-0.3, -0.25) is 9.48 Å². The van der Waals surface area contributed by atoms with Crippen LogP contribution in [0.2, 0.25) is 0 Å². The highest BCUT2D eigenvalue weighted by Gasteiger charge is 2.29. The Morgan fingerprint density at radius 1 is 1.40 bits per heavy atom. The van der Waals surface area contributed by atoms with E-state index >= 15 is 0 Å². The van der Waals surface area contributed by atoms with E-state index in [0.29, 0.717) is 5.69 Å². The van der Waals surface area contributed by atoms with Gasteiger partial charge >= 0.3 is 12.0 Å². The Hall–Kier alpha value is -2.05. The summed E-state index contributed by atoms with van der Waals surface area (Å²) in [4.78, 5) is 24.7. The van der Waals surface area contributed by atoms with Gasteiger partial charge in [-0.25, -0.2) is 4.79 Å². The molecule has 1 aromatic rings. The molecule has 0 spiro atoms. The molecular formula is C13H20N4O3. The molecule has 0 saturated carbocycles. The second kappa shape index (κ2) is 5.94. The maximum atomic E-state index is 12.3. The van der Waals surface area contributed by atoms with Crippen LogP contribution in [0.15, 0.2) is 12.4 Å². The molecule has 1 fully saturated rings. The van der Waals surface area contributed by atoms with Gasteiger partial charge in [-0.05, 0) is 33.1 Å². The van der Waals surface area contributed by atoms with Crippen molar-refractivity contribution in [1.29, 1.82) is 0 Å². The van der Waals surface area contributed by atoms with E-state index in [-0.39, 0.29) is 24.7 Å². The number of aromatic nitrogens is 2. The average Bonchev–Trinajstić information content (AvgIpc) is 2.75. The standard InChI is InChI=1S/C13H20N4O3/c1-9-4-3-5-10(2)17(9)13(20)15-11-6-14-16(7-11)8-12(18)19/h6-7,9-10H,3-5,8H2,1-2H3,(H,15,20)(H,18,19)/t9-,10+. The maximum absolute atomic E-state index is 12.3. The Morgan fingerprint density at radius 2 is 2.05 bits per heavy atom. The molecule has 2 heterocycles. The van der Waals surface area contributed by atoms with E-state index in [4.69, 9.17) is 5.11 Å². The van der Waals surface area contributed by atoms with Crippen molar-refractivity contribution >= 4 is 17.7 Å². The molecule has 20 heavy (non-hydrogen) atoms. The first-order chi connectivity index (χ1) is 9.47. The highest BCUT2D eigenvalue weighted by atomic mass is 16.4. The molecule has 0 unspecified atom stereocenters. The summed E-state index contributed by atoms with van der Waals surface area (Å²) in [7, 11) is 0. The van der Waals surface area contributed by atoms with Gasteiger partial charge in [-0.1, -0.05) is 0 Å². The van der Waals surface area contributed by atoms with Gasteiger partial charge in [0.05, 0.1) is 11.9 Å². The molecule has 0 aromatic carbocycles. The van der Waals surface area contributed by atoms with Crippen molar-refractivity contribution < 1.29 is 14.7 Å². The SMILES string of the molecule is C[C@@H]1CCC[C@H](C)N1C(=O)Nc1cnn(CC(=O)O)c1. The lowest BCUT2D eigenvalue weighted by atomic mass is 9.98. The number of hydrogen-bond donors (Lipinski definition) is 2. The Kier molecular flexibility index (Phi) is 4.26. The molecule has 1 saturated heterocycles. The van der Waals surface area contributed by atoms with Gasteiger partial charge in [-0.15, -0.1) is 0 Å². The summed E-state index contributed by atoms with van der Waals surface area (Å²) in [6, 6.07) is 0.278. The van der Waals surface area contributed by atoms with Crippen molar-refractivity contribution in [3.05, 3.63) is 12.4 Å². The normalized spacial score (nSPS) is 22.6. The fraction of sp³-hybridized carbons (Fsp3) is 0.615. The van der Waals surface area contributed by atoms with E-state index in [1.54, 1.807) is 0 Å². The zero-order valence-electron chi connectivity index (χ0n) is 11.7. The summed E-state index contributed by atoms with van der Waals surface area (Å²) in [6.45, 7) is 3.87. The van der Waals surface area contributed by atoms with Crippen LogP contribution in [0.25, 0.3) is 0 Å². The number of likely N-dealkylation sites (tertiary alicyclic amines) is 1. The molecule has 0 radical (unpaired) electrons. The average molecular weight is 280 g/mol. The van der Waals surface area contributed by atoms with E-state index in [0.717, 1.165) is 19.3 Å². The molecule has 0 aliphatic carbocycles. The summed E-state index contributed by atoms with van der Waals surface area (Å²) >= 11 is 0. The molecular weight excluding hydrogens is 260 g/mol.